The average Bonchev–Trinajstić information content (AvgIpc) is 2.36. The Balaban J connectivity index is 4.25. The van der Waals surface area contributed by atoms with Crippen molar-refractivity contribution in [3.05, 3.63) is 12.2 Å². The lowest BCUT2D eigenvalue weighted by Crippen LogP contribution is -2.50. The maximum atomic E-state index is 11.5. The lowest BCUT2D eigenvalue weighted by Gasteiger charge is -2.37. The van der Waals surface area contributed by atoms with Gasteiger partial charge in [-0.3, -0.25) is 4.79 Å². The molecule has 0 bridgehead atoms. The number of unbranched alkanes of at least 4 members (excludes halogenated alkanes) is 1. The van der Waals surface area contributed by atoms with Gasteiger partial charge in [-0.2, -0.15) is 0 Å². The van der Waals surface area contributed by atoms with E-state index in [9.17, 15) is 4.79 Å². The summed E-state index contributed by atoms with van der Waals surface area (Å²) in [4.78, 5) is 11.5. The molecular formula is C15H30NOS+. The summed E-state index contributed by atoms with van der Waals surface area (Å²) in [6, 6.07) is 0. The van der Waals surface area contributed by atoms with E-state index >= 15 is 0 Å². The van der Waals surface area contributed by atoms with Gasteiger partial charge in [0.1, 0.15) is 0 Å². The molecule has 3 heteroatoms. The van der Waals surface area contributed by atoms with Crippen LogP contribution in [0.1, 0.15) is 47.0 Å². The van der Waals surface area contributed by atoms with Crippen LogP contribution in [-0.2, 0) is 4.79 Å². The third-order valence-corrected chi connectivity index (χ3v) is 4.27. The maximum absolute atomic E-state index is 11.5. The fraction of sp³-hybridized carbons (Fsp3) is 0.800. The lowest BCUT2D eigenvalue weighted by molar-refractivity contribution is -0.924. The highest BCUT2D eigenvalue weighted by Crippen LogP contribution is 2.14. The van der Waals surface area contributed by atoms with E-state index in [1.165, 1.54) is 55.1 Å². The van der Waals surface area contributed by atoms with E-state index in [0.717, 1.165) is 12.3 Å². The van der Waals surface area contributed by atoms with Crippen LogP contribution in [0.3, 0.4) is 0 Å². The Bertz CT molecular complexity index is 253. The summed E-state index contributed by atoms with van der Waals surface area (Å²) in [5, 5.41) is 0.193. The fourth-order valence-corrected chi connectivity index (χ4v) is 3.21. The zero-order valence-corrected chi connectivity index (χ0v) is 13.4. The molecular weight excluding hydrogens is 242 g/mol. The van der Waals surface area contributed by atoms with Crippen molar-refractivity contribution in [2.24, 2.45) is 0 Å². The summed E-state index contributed by atoms with van der Waals surface area (Å²) in [6.07, 6.45) is 7.26. The molecule has 18 heavy (non-hydrogen) atoms. The van der Waals surface area contributed by atoms with Crippen LogP contribution in [0.15, 0.2) is 12.2 Å². The summed E-state index contributed by atoms with van der Waals surface area (Å²) in [6.45, 7) is 13.5. The van der Waals surface area contributed by atoms with Crippen LogP contribution >= 0.6 is 11.8 Å². The molecule has 0 N–H and O–H groups in total. The molecule has 1 atom stereocenters. The minimum atomic E-state index is 0.193. The second-order valence-electron chi connectivity index (χ2n) is 4.85. The number of carbonyl (C=O) groups excluding carboxylic acids is 1. The monoisotopic (exact) mass is 272 g/mol. The summed E-state index contributed by atoms with van der Waals surface area (Å²) >= 11 is 1.46. The van der Waals surface area contributed by atoms with Crippen LogP contribution in [0.2, 0.25) is 0 Å². The largest absolute Gasteiger partial charge is 0.323 e. The molecule has 0 aliphatic heterocycles. The first-order chi connectivity index (χ1) is 8.64. The van der Waals surface area contributed by atoms with Crippen molar-refractivity contribution in [1.29, 1.82) is 0 Å². The number of thioether (sulfide) groups is 1. The highest BCUT2D eigenvalue weighted by atomic mass is 32.2. The molecule has 0 saturated carbocycles. The molecule has 0 aromatic rings. The van der Waals surface area contributed by atoms with Crippen LogP contribution in [0, 0.1) is 0 Å². The summed E-state index contributed by atoms with van der Waals surface area (Å²) in [7, 11) is 0. The predicted molar refractivity (Wildman–Crippen MR) is 82.9 cm³/mol. The number of rotatable bonds is 10. The van der Waals surface area contributed by atoms with Gasteiger partial charge in [0.15, 0.2) is 0 Å². The van der Waals surface area contributed by atoms with Crippen molar-refractivity contribution in [1.82, 2.24) is 0 Å². The van der Waals surface area contributed by atoms with Gasteiger partial charge < -0.3 is 4.48 Å². The van der Waals surface area contributed by atoms with Gasteiger partial charge in [-0.1, -0.05) is 38.1 Å². The van der Waals surface area contributed by atoms with E-state index in [4.69, 9.17) is 0 Å². The van der Waals surface area contributed by atoms with Crippen LogP contribution in [0.5, 0.6) is 0 Å². The molecule has 0 heterocycles. The van der Waals surface area contributed by atoms with Gasteiger partial charge in [0.2, 0.25) is 5.12 Å². The van der Waals surface area contributed by atoms with Crippen LogP contribution in [0.4, 0.5) is 0 Å². The smallest absolute Gasteiger partial charge is 0.212 e. The first-order valence-corrected chi connectivity index (χ1v) is 8.27. The van der Waals surface area contributed by atoms with Gasteiger partial charge in [0.05, 0.1) is 31.9 Å². The number of hydrogen-bond acceptors (Lipinski definition) is 2. The summed E-state index contributed by atoms with van der Waals surface area (Å²) in [5.74, 6) is 0.945. The normalized spacial score (nSPS) is 14.9. The number of carbonyl (C=O) groups is 1. The first kappa shape index (κ1) is 17.7. The molecule has 2 nitrogen and oxygen atoms in total. The molecule has 1 unspecified atom stereocenters. The van der Waals surface area contributed by atoms with Gasteiger partial charge >= 0.3 is 0 Å². The molecule has 0 rings (SSSR count). The number of nitrogens with zero attached hydrogens (tertiary/aromatic N) is 1. The number of allylic oxidation sites excluding steroid dienone is 1. The van der Waals surface area contributed by atoms with Crippen LogP contribution in [-0.4, -0.2) is 41.5 Å². The minimum Gasteiger partial charge on any atom is -0.323 e. The van der Waals surface area contributed by atoms with Gasteiger partial charge in [0, 0.05) is 0 Å². The topological polar surface area (TPSA) is 17.1 Å². The third-order valence-electron chi connectivity index (χ3n) is 3.47. The van der Waals surface area contributed by atoms with E-state index in [-0.39, 0.29) is 5.12 Å². The van der Waals surface area contributed by atoms with E-state index in [1.54, 1.807) is 6.08 Å². The van der Waals surface area contributed by atoms with Crippen molar-refractivity contribution in [3.8, 4) is 0 Å². The molecule has 0 amide bonds. The molecule has 0 aliphatic rings. The van der Waals surface area contributed by atoms with E-state index < -0.39 is 0 Å². The van der Waals surface area contributed by atoms with E-state index in [2.05, 4.69) is 20.8 Å². The van der Waals surface area contributed by atoms with Crippen molar-refractivity contribution >= 4 is 16.9 Å². The van der Waals surface area contributed by atoms with Crippen molar-refractivity contribution in [3.63, 3.8) is 0 Å². The Labute approximate surface area is 117 Å². The molecule has 0 spiro atoms. The first-order valence-electron chi connectivity index (χ1n) is 7.28. The molecule has 0 saturated heterocycles. The van der Waals surface area contributed by atoms with Gasteiger partial charge in [-0.05, 0) is 32.8 Å². The molecule has 106 valence electrons. The number of hydrogen-bond donors (Lipinski definition) is 0. The Hall–Kier alpha value is -0.280. The van der Waals surface area contributed by atoms with Gasteiger partial charge in [-0.15, -0.1) is 0 Å². The molecule has 0 fully saturated rings. The SMILES string of the molecule is CC=CC(=O)SCC[N+](CC)(CCC)CCCC. The van der Waals surface area contributed by atoms with E-state index in [0.29, 0.717) is 0 Å². The number of quaternary nitrogens is 1. The van der Waals surface area contributed by atoms with Crippen molar-refractivity contribution in [2.45, 2.75) is 47.0 Å². The quantitative estimate of drug-likeness (QED) is 0.443. The predicted octanol–water partition coefficient (Wildman–Crippen LogP) is 3.87. The molecule has 0 aromatic carbocycles. The molecule has 0 aromatic heterocycles. The maximum Gasteiger partial charge on any atom is 0.212 e. The summed E-state index contributed by atoms with van der Waals surface area (Å²) < 4.78 is 1.18. The van der Waals surface area contributed by atoms with Crippen molar-refractivity contribution < 1.29 is 9.28 Å². The van der Waals surface area contributed by atoms with Crippen LogP contribution in [0.25, 0.3) is 0 Å². The van der Waals surface area contributed by atoms with Crippen LogP contribution < -0.4 is 0 Å². The summed E-state index contributed by atoms with van der Waals surface area (Å²) in [5.41, 5.74) is 0. The van der Waals surface area contributed by atoms with Gasteiger partial charge in [0.25, 0.3) is 0 Å². The fourth-order valence-electron chi connectivity index (χ4n) is 2.30. The standard InChI is InChI=1S/C15H30NOS/c1-5-9-12-16(8-4,11-7-3)13-14-18-15(17)10-6-2/h6,10H,5,7-9,11-14H2,1-4H3/q+1. The van der Waals surface area contributed by atoms with Crippen molar-refractivity contribution in [2.75, 3.05) is 31.9 Å². The average molecular weight is 272 g/mol. The minimum absolute atomic E-state index is 0.193. The Morgan fingerprint density at radius 1 is 1.11 bits per heavy atom. The molecule has 0 aliphatic carbocycles. The highest BCUT2D eigenvalue weighted by molar-refractivity contribution is 8.14. The van der Waals surface area contributed by atoms with E-state index in [1.807, 2.05) is 13.0 Å². The third kappa shape index (κ3) is 7.22. The molecule has 0 radical (unpaired) electrons. The Morgan fingerprint density at radius 2 is 1.83 bits per heavy atom. The second-order valence-corrected chi connectivity index (χ2v) is 5.95. The zero-order valence-electron chi connectivity index (χ0n) is 12.6. The lowest BCUT2D eigenvalue weighted by atomic mass is 10.2. The zero-order chi connectivity index (χ0) is 13.9. The Morgan fingerprint density at radius 3 is 2.33 bits per heavy atom. The second kappa shape index (κ2) is 10.6. The highest BCUT2D eigenvalue weighted by Gasteiger charge is 2.23. The van der Waals surface area contributed by atoms with Gasteiger partial charge in [-0.25, -0.2) is 0 Å². The Kier molecular flexibility index (Phi) is 10.5.